The van der Waals surface area contributed by atoms with Crippen LogP contribution in [-0.2, 0) is 10.0 Å². The van der Waals surface area contributed by atoms with E-state index in [0.29, 0.717) is 35.2 Å². The summed E-state index contributed by atoms with van der Waals surface area (Å²) in [5.74, 6) is 0.0675. The number of carbonyl (C=O) groups is 1. The number of nitrogens with one attached hydrogen (secondary N) is 1. The Balaban J connectivity index is 0.00000280. The molecule has 0 aliphatic carbocycles. The summed E-state index contributed by atoms with van der Waals surface area (Å²) in [6.45, 7) is 9.78. The van der Waals surface area contributed by atoms with Crippen LogP contribution in [0.25, 0.3) is 11.3 Å². The summed E-state index contributed by atoms with van der Waals surface area (Å²) < 4.78 is 39.4. The van der Waals surface area contributed by atoms with Gasteiger partial charge in [-0.25, -0.2) is 19.7 Å². The van der Waals surface area contributed by atoms with Gasteiger partial charge in [-0.15, -0.1) is 0 Å². The van der Waals surface area contributed by atoms with E-state index in [1.54, 1.807) is 43.5 Å². The normalized spacial score (nSPS) is 11.2. The van der Waals surface area contributed by atoms with Crippen LogP contribution in [-0.4, -0.2) is 35.9 Å². The maximum absolute atomic E-state index is 13.3. The number of pyridine rings is 3. The molecule has 0 bridgehead atoms. The molecule has 0 saturated carbocycles. The quantitative estimate of drug-likeness (QED) is 0.310. The fraction of sp³-hybridized carbons (Fsp3) is 0.214. The predicted octanol–water partition coefficient (Wildman–Crippen LogP) is 5.57. The van der Waals surface area contributed by atoms with Gasteiger partial charge in [-0.1, -0.05) is 23.8 Å². The van der Waals surface area contributed by atoms with E-state index >= 15 is 0 Å². The first kappa shape index (κ1) is 26.7. The van der Waals surface area contributed by atoms with Gasteiger partial charge in [-0.2, -0.15) is 8.42 Å². The van der Waals surface area contributed by atoms with E-state index in [9.17, 15) is 13.2 Å². The van der Waals surface area contributed by atoms with E-state index in [1.807, 2.05) is 39.8 Å². The molecule has 4 rings (SSSR count). The number of aromatic nitrogens is 3. The number of amides is 1. The van der Waals surface area contributed by atoms with E-state index in [2.05, 4.69) is 19.7 Å². The molecule has 0 fully saturated rings. The maximum atomic E-state index is 13.3. The monoisotopic (exact) mass is 536 g/mol. The summed E-state index contributed by atoms with van der Waals surface area (Å²) in [5, 5.41) is -0.261. The van der Waals surface area contributed by atoms with Crippen molar-refractivity contribution >= 4 is 15.9 Å². The number of aryl methyl sites for hydroxylation is 4. The highest BCUT2D eigenvalue weighted by molar-refractivity contribution is 7.90. The lowest BCUT2D eigenvalue weighted by Gasteiger charge is -2.16. The minimum atomic E-state index is -4.23. The first-order valence-electron chi connectivity index (χ1n) is 11.9. The second-order valence-corrected chi connectivity index (χ2v) is 10.4. The molecule has 0 saturated heterocycles. The summed E-state index contributed by atoms with van der Waals surface area (Å²) in [7, 11) is -4.23. The van der Waals surface area contributed by atoms with E-state index in [-0.39, 0.29) is 19.3 Å². The first-order chi connectivity index (χ1) is 18.1. The number of sulfonamides is 1. The van der Waals surface area contributed by atoms with Crippen LogP contribution in [0, 0.1) is 27.7 Å². The fourth-order valence-corrected chi connectivity index (χ4v) is 4.92. The van der Waals surface area contributed by atoms with Crippen molar-refractivity contribution < 1.29 is 25.5 Å². The van der Waals surface area contributed by atoms with Crippen LogP contribution in [0.15, 0.2) is 65.8 Å². The smallest absolute Gasteiger partial charge is 0.281 e. The number of ether oxygens (including phenoxy) is 2. The molecule has 3 heterocycles. The zero-order valence-corrected chi connectivity index (χ0v) is 22.6. The molecule has 1 aromatic carbocycles. The zero-order valence-electron chi connectivity index (χ0n) is 21.8. The summed E-state index contributed by atoms with van der Waals surface area (Å²) >= 11 is 0. The predicted molar refractivity (Wildman–Crippen MR) is 147 cm³/mol. The van der Waals surface area contributed by atoms with Crippen LogP contribution < -0.4 is 14.2 Å². The van der Waals surface area contributed by atoms with Crippen molar-refractivity contribution in [1.29, 1.82) is 0 Å². The van der Waals surface area contributed by atoms with Gasteiger partial charge >= 0.3 is 0 Å². The molecule has 200 valence electrons. The van der Waals surface area contributed by atoms with Crippen LogP contribution in [0.5, 0.6) is 17.5 Å². The van der Waals surface area contributed by atoms with Gasteiger partial charge in [-0.3, -0.25) is 4.79 Å². The van der Waals surface area contributed by atoms with E-state index in [0.717, 1.165) is 16.7 Å². The molecule has 0 unspecified atom stereocenters. The molecule has 0 spiro atoms. The Morgan fingerprint density at radius 3 is 2.34 bits per heavy atom. The number of hydrogen-bond acceptors (Lipinski definition) is 8. The van der Waals surface area contributed by atoms with E-state index < -0.39 is 15.9 Å². The van der Waals surface area contributed by atoms with E-state index in [4.69, 9.17) is 9.47 Å². The lowest BCUT2D eigenvalue weighted by atomic mass is 10.1. The Labute approximate surface area is 224 Å². The third-order valence-corrected chi connectivity index (χ3v) is 6.83. The highest BCUT2D eigenvalue weighted by atomic mass is 32.2. The van der Waals surface area contributed by atoms with Crippen molar-refractivity contribution in [1.82, 2.24) is 19.7 Å². The van der Waals surface area contributed by atoms with Crippen LogP contribution in [0.4, 0.5) is 0 Å². The molecule has 0 aliphatic heterocycles. The molecule has 1 N–H and O–H groups in total. The van der Waals surface area contributed by atoms with Crippen molar-refractivity contribution in [2.75, 3.05) is 6.61 Å². The molecule has 38 heavy (non-hydrogen) atoms. The molecular weight excluding hydrogens is 504 g/mol. The SMILES string of the molecule is CCOc1ccc(-c2ccc(C(=O)NS(=O)(=O)c3cccc(C)n3)c(Oc3c(C)cc(C)cc3C)n2)cn1.[HH].[HH]. The highest BCUT2D eigenvalue weighted by Crippen LogP contribution is 2.32. The molecule has 3 aromatic heterocycles. The van der Waals surface area contributed by atoms with Gasteiger partial charge in [0.15, 0.2) is 5.03 Å². The molecule has 4 aromatic rings. The van der Waals surface area contributed by atoms with Crippen molar-refractivity contribution in [3.8, 4) is 28.8 Å². The Morgan fingerprint density at radius 2 is 1.71 bits per heavy atom. The zero-order chi connectivity index (χ0) is 27.4. The average molecular weight is 537 g/mol. The summed E-state index contributed by atoms with van der Waals surface area (Å²) in [6.07, 6.45) is 1.60. The highest BCUT2D eigenvalue weighted by Gasteiger charge is 2.24. The van der Waals surface area contributed by atoms with Gasteiger partial charge < -0.3 is 9.47 Å². The van der Waals surface area contributed by atoms with Gasteiger partial charge in [0, 0.05) is 26.4 Å². The Kier molecular flexibility index (Phi) is 7.72. The number of nitrogens with zero attached hydrogens (tertiary/aromatic N) is 3. The number of rotatable bonds is 8. The molecule has 0 radical (unpaired) electrons. The minimum absolute atomic E-state index is 0. The van der Waals surface area contributed by atoms with Crippen LogP contribution in [0.2, 0.25) is 0 Å². The van der Waals surface area contributed by atoms with Gasteiger partial charge in [0.1, 0.15) is 11.3 Å². The number of hydrogen-bond donors (Lipinski definition) is 1. The first-order valence-corrected chi connectivity index (χ1v) is 13.4. The fourth-order valence-electron chi connectivity index (χ4n) is 3.94. The third-order valence-electron chi connectivity index (χ3n) is 5.60. The third kappa shape index (κ3) is 5.97. The van der Waals surface area contributed by atoms with Crippen molar-refractivity contribution in [3.05, 3.63) is 88.7 Å². The lowest BCUT2D eigenvalue weighted by Crippen LogP contribution is -2.31. The van der Waals surface area contributed by atoms with Crippen molar-refractivity contribution in [2.45, 2.75) is 39.6 Å². The largest absolute Gasteiger partial charge is 0.478 e. The molecule has 0 atom stereocenters. The summed E-state index contributed by atoms with van der Waals surface area (Å²) in [4.78, 5) is 26.1. The standard InChI is InChI=1S/C28H28N4O5S.2H2/c1-6-36-24-13-10-21(16-29-24)23-12-11-22(27(33)32-38(34,35)25-9-7-8-20(5)30-25)28(31-23)37-26-18(3)14-17(2)15-19(26)4;;/h7-16H,6H2,1-5H3,(H,32,33);2*1H. The van der Waals surface area contributed by atoms with Gasteiger partial charge in [0.05, 0.1) is 12.3 Å². The Morgan fingerprint density at radius 1 is 0.974 bits per heavy atom. The molecule has 10 heteroatoms. The van der Waals surface area contributed by atoms with Gasteiger partial charge in [0.2, 0.25) is 11.8 Å². The minimum Gasteiger partial charge on any atom is -0.478 e. The molecule has 9 nitrogen and oxygen atoms in total. The number of carbonyl (C=O) groups excluding carboxylic acids is 1. The summed E-state index contributed by atoms with van der Waals surface area (Å²) in [5.41, 5.74) is 4.36. The van der Waals surface area contributed by atoms with Gasteiger partial charge in [0.25, 0.3) is 15.9 Å². The summed E-state index contributed by atoms with van der Waals surface area (Å²) in [6, 6.07) is 15.0. The number of benzene rings is 1. The second-order valence-electron chi connectivity index (χ2n) is 8.75. The topological polar surface area (TPSA) is 120 Å². The Bertz CT molecular complexity index is 1590. The molecular formula is C28H32N4O5S. The van der Waals surface area contributed by atoms with Crippen LogP contribution in [0.3, 0.4) is 0 Å². The maximum Gasteiger partial charge on any atom is 0.281 e. The Hall–Kier alpha value is -4.31. The second kappa shape index (κ2) is 11.0. The van der Waals surface area contributed by atoms with Crippen LogP contribution in [0.1, 0.15) is 42.5 Å². The van der Waals surface area contributed by atoms with Crippen LogP contribution >= 0.6 is 0 Å². The van der Waals surface area contributed by atoms with Crippen molar-refractivity contribution in [2.24, 2.45) is 0 Å². The van der Waals surface area contributed by atoms with Gasteiger partial charge in [-0.05, 0) is 76.1 Å². The average Bonchev–Trinajstić information content (AvgIpc) is 2.86. The lowest BCUT2D eigenvalue weighted by molar-refractivity contribution is 0.0978. The molecule has 0 aliphatic rings. The molecule has 1 amide bonds. The van der Waals surface area contributed by atoms with Crippen molar-refractivity contribution in [3.63, 3.8) is 0 Å². The van der Waals surface area contributed by atoms with E-state index in [1.165, 1.54) is 12.1 Å².